The Hall–Kier alpha value is -2.18. The van der Waals surface area contributed by atoms with Gasteiger partial charge >= 0.3 is 5.97 Å². The molecular weight excluding hydrogens is 238 g/mol. The lowest BCUT2D eigenvalue weighted by Gasteiger charge is -2.30. The number of carbonyl (C=O) groups is 1. The maximum Gasteiger partial charge on any atom is 0.306 e. The predicted molar refractivity (Wildman–Crippen MR) is 63.5 cm³/mol. The first-order valence-electron chi connectivity index (χ1n) is 5.66. The third kappa shape index (κ3) is 2.55. The molecule has 1 saturated heterocycles. The number of carboxylic acids is 1. The number of pyridine rings is 1. The molecule has 0 amide bonds. The average molecular weight is 251 g/mol. The van der Waals surface area contributed by atoms with Crippen LogP contribution in [-0.4, -0.2) is 34.1 Å². The molecule has 0 aliphatic carbocycles. The minimum atomic E-state index is -0.776. The van der Waals surface area contributed by atoms with Crippen LogP contribution in [0.4, 0.5) is 11.5 Å². The molecule has 1 fully saturated rings. The van der Waals surface area contributed by atoms with E-state index in [2.05, 4.69) is 4.98 Å². The maximum absolute atomic E-state index is 10.8. The first-order valence-corrected chi connectivity index (χ1v) is 5.66. The van der Waals surface area contributed by atoms with Crippen LogP contribution < -0.4 is 4.90 Å². The van der Waals surface area contributed by atoms with Crippen molar-refractivity contribution in [2.75, 3.05) is 18.0 Å². The van der Waals surface area contributed by atoms with Crippen molar-refractivity contribution in [3.63, 3.8) is 0 Å². The van der Waals surface area contributed by atoms with Crippen molar-refractivity contribution in [2.24, 2.45) is 5.92 Å². The molecule has 1 aromatic rings. The molecule has 0 unspecified atom stereocenters. The number of aliphatic carboxylic acids is 1. The molecule has 0 radical (unpaired) electrons. The molecule has 0 bridgehead atoms. The number of hydrogen-bond donors (Lipinski definition) is 1. The van der Waals surface area contributed by atoms with Gasteiger partial charge in [-0.1, -0.05) is 0 Å². The normalized spacial score (nSPS) is 16.6. The number of nitrogens with zero attached hydrogens (tertiary/aromatic N) is 3. The van der Waals surface area contributed by atoms with Crippen molar-refractivity contribution < 1.29 is 14.8 Å². The number of anilines is 1. The quantitative estimate of drug-likeness (QED) is 0.642. The summed E-state index contributed by atoms with van der Waals surface area (Å²) in [5.41, 5.74) is 0.000332. The molecule has 7 nitrogen and oxygen atoms in total. The van der Waals surface area contributed by atoms with Gasteiger partial charge in [0.2, 0.25) is 0 Å². The fraction of sp³-hybridized carbons (Fsp3) is 0.455. The molecule has 0 saturated carbocycles. The van der Waals surface area contributed by atoms with Crippen LogP contribution in [0.5, 0.6) is 0 Å². The summed E-state index contributed by atoms with van der Waals surface area (Å²) in [5, 5.41) is 19.5. The monoisotopic (exact) mass is 251 g/mol. The molecule has 1 aromatic heterocycles. The Morgan fingerprint density at radius 1 is 1.50 bits per heavy atom. The van der Waals surface area contributed by atoms with E-state index in [1.165, 1.54) is 18.3 Å². The molecule has 2 heterocycles. The highest BCUT2D eigenvalue weighted by atomic mass is 16.6. The van der Waals surface area contributed by atoms with Crippen molar-refractivity contribution in [3.05, 3.63) is 28.4 Å². The summed E-state index contributed by atoms with van der Waals surface area (Å²) in [6.45, 7) is 1.12. The molecule has 0 aromatic carbocycles. The first kappa shape index (κ1) is 12.3. The van der Waals surface area contributed by atoms with Crippen LogP contribution in [0.15, 0.2) is 18.3 Å². The van der Waals surface area contributed by atoms with E-state index in [4.69, 9.17) is 5.11 Å². The number of carboxylic acid groups (broad SMARTS) is 1. The predicted octanol–water partition coefficient (Wildman–Crippen LogP) is 1.29. The van der Waals surface area contributed by atoms with E-state index in [0.717, 1.165) is 0 Å². The van der Waals surface area contributed by atoms with Crippen LogP contribution in [0.1, 0.15) is 12.8 Å². The highest BCUT2D eigenvalue weighted by Crippen LogP contribution is 2.24. The van der Waals surface area contributed by atoms with Gasteiger partial charge in [-0.05, 0) is 12.8 Å². The molecule has 7 heteroatoms. The molecule has 18 heavy (non-hydrogen) atoms. The summed E-state index contributed by atoms with van der Waals surface area (Å²) in [6.07, 6.45) is 2.48. The summed E-state index contributed by atoms with van der Waals surface area (Å²) in [5.74, 6) is -0.561. The summed E-state index contributed by atoms with van der Waals surface area (Å²) >= 11 is 0. The van der Waals surface area contributed by atoms with Gasteiger partial charge in [-0.15, -0.1) is 0 Å². The minimum absolute atomic E-state index is 0.000332. The third-order valence-corrected chi connectivity index (χ3v) is 3.11. The van der Waals surface area contributed by atoms with Gasteiger partial charge in [0.1, 0.15) is 5.82 Å². The molecule has 0 spiro atoms. The highest BCUT2D eigenvalue weighted by molar-refractivity contribution is 5.70. The van der Waals surface area contributed by atoms with E-state index in [0.29, 0.717) is 31.7 Å². The summed E-state index contributed by atoms with van der Waals surface area (Å²) < 4.78 is 0. The molecule has 0 atom stereocenters. The molecule has 2 rings (SSSR count). The zero-order valence-electron chi connectivity index (χ0n) is 9.65. The van der Waals surface area contributed by atoms with E-state index in [1.807, 2.05) is 4.90 Å². The smallest absolute Gasteiger partial charge is 0.306 e. The average Bonchev–Trinajstić information content (AvgIpc) is 2.39. The maximum atomic E-state index is 10.8. The first-order chi connectivity index (χ1) is 8.58. The second-order valence-electron chi connectivity index (χ2n) is 4.23. The molecule has 1 aliphatic heterocycles. The van der Waals surface area contributed by atoms with Crippen molar-refractivity contribution in [1.29, 1.82) is 0 Å². The number of hydrogen-bond acceptors (Lipinski definition) is 5. The van der Waals surface area contributed by atoms with E-state index in [9.17, 15) is 14.9 Å². The Morgan fingerprint density at radius 3 is 2.72 bits per heavy atom. The van der Waals surface area contributed by atoms with Gasteiger partial charge in [0, 0.05) is 25.4 Å². The van der Waals surface area contributed by atoms with Gasteiger partial charge in [-0.3, -0.25) is 14.9 Å². The van der Waals surface area contributed by atoms with Crippen molar-refractivity contribution >= 4 is 17.5 Å². The van der Waals surface area contributed by atoms with E-state index in [-0.39, 0.29) is 11.6 Å². The summed E-state index contributed by atoms with van der Waals surface area (Å²) in [4.78, 5) is 27.0. The van der Waals surface area contributed by atoms with Crippen LogP contribution >= 0.6 is 0 Å². The van der Waals surface area contributed by atoms with E-state index in [1.54, 1.807) is 0 Å². The topological polar surface area (TPSA) is 96.6 Å². The second kappa shape index (κ2) is 4.99. The lowest BCUT2D eigenvalue weighted by Crippen LogP contribution is -2.36. The zero-order valence-corrected chi connectivity index (χ0v) is 9.65. The highest BCUT2D eigenvalue weighted by Gasteiger charge is 2.25. The van der Waals surface area contributed by atoms with Gasteiger partial charge in [0.05, 0.1) is 16.9 Å². The zero-order chi connectivity index (χ0) is 13.1. The third-order valence-electron chi connectivity index (χ3n) is 3.11. The van der Waals surface area contributed by atoms with E-state index < -0.39 is 10.9 Å². The molecule has 1 aliphatic rings. The molecule has 96 valence electrons. The van der Waals surface area contributed by atoms with Crippen molar-refractivity contribution in [1.82, 2.24) is 4.98 Å². The number of nitro groups is 1. The summed E-state index contributed by atoms with van der Waals surface area (Å²) in [7, 11) is 0. The standard InChI is InChI=1S/C11H13N3O4/c15-11(16)8-2-5-13(6-3-8)10-7-9(14(17)18)1-4-12-10/h1,4,7-8H,2-3,5-6H2,(H,15,16). The lowest BCUT2D eigenvalue weighted by atomic mass is 9.97. The number of rotatable bonds is 3. The lowest BCUT2D eigenvalue weighted by molar-refractivity contribution is -0.384. The second-order valence-corrected chi connectivity index (χ2v) is 4.23. The number of aromatic nitrogens is 1. The van der Waals surface area contributed by atoms with Crippen LogP contribution in [-0.2, 0) is 4.79 Å². The molecular formula is C11H13N3O4. The van der Waals surface area contributed by atoms with Crippen molar-refractivity contribution in [2.45, 2.75) is 12.8 Å². The van der Waals surface area contributed by atoms with Crippen LogP contribution in [0.3, 0.4) is 0 Å². The SMILES string of the molecule is O=C(O)C1CCN(c2cc([N+](=O)[O-])ccn2)CC1. The molecule has 1 N–H and O–H groups in total. The Morgan fingerprint density at radius 2 is 2.17 bits per heavy atom. The van der Waals surface area contributed by atoms with Gasteiger partial charge in [-0.25, -0.2) is 4.98 Å². The number of piperidine rings is 1. The van der Waals surface area contributed by atoms with Gasteiger partial charge in [0.15, 0.2) is 0 Å². The Kier molecular flexibility index (Phi) is 3.40. The van der Waals surface area contributed by atoms with Crippen LogP contribution in [0, 0.1) is 16.0 Å². The Labute approximate surface area is 103 Å². The van der Waals surface area contributed by atoms with E-state index >= 15 is 0 Å². The largest absolute Gasteiger partial charge is 0.481 e. The van der Waals surface area contributed by atoms with Crippen molar-refractivity contribution in [3.8, 4) is 0 Å². The van der Waals surface area contributed by atoms with Gasteiger partial charge in [0.25, 0.3) is 5.69 Å². The Bertz CT molecular complexity index is 469. The fourth-order valence-electron chi connectivity index (χ4n) is 2.05. The summed E-state index contributed by atoms with van der Waals surface area (Å²) in [6, 6.07) is 2.76. The van der Waals surface area contributed by atoms with Crippen LogP contribution in [0.2, 0.25) is 0 Å². The van der Waals surface area contributed by atoms with Gasteiger partial charge in [-0.2, -0.15) is 0 Å². The Balaban J connectivity index is 2.07. The fourth-order valence-corrected chi connectivity index (χ4v) is 2.05. The minimum Gasteiger partial charge on any atom is -0.481 e. The van der Waals surface area contributed by atoms with Crippen LogP contribution in [0.25, 0.3) is 0 Å². The van der Waals surface area contributed by atoms with Gasteiger partial charge < -0.3 is 10.0 Å².